The smallest absolute Gasteiger partial charge is 0.138 e. The SMILES string of the molecule is CC(C)(C)NCCOc1cnc2ccccc2c1. The number of hydrogen-bond acceptors (Lipinski definition) is 3. The first-order valence-electron chi connectivity index (χ1n) is 6.27. The second-order valence-electron chi connectivity index (χ2n) is 5.39. The first-order chi connectivity index (χ1) is 8.54. The van der Waals surface area contributed by atoms with E-state index >= 15 is 0 Å². The van der Waals surface area contributed by atoms with Gasteiger partial charge in [0.15, 0.2) is 0 Å². The molecule has 3 heteroatoms. The molecule has 0 saturated heterocycles. The number of nitrogens with zero attached hydrogens (tertiary/aromatic N) is 1. The van der Waals surface area contributed by atoms with Crippen LogP contribution in [-0.2, 0) is 0 Å². The van der Waals surface area contributed by atoms with Gasteiger partial charge in [-0.25, -0.2) is 0 Å². The molecule has 0 amide bonds. The summed E-state index contributed by atoms with van der Waals surface area (Å²) < 4.78 is 5.68. The number of nitrogens with one attached hydrogen (secondary N) is 1. The van der Waals surface area contributed by atoms with E-state index in [0.29, 0.717) is 6.61 Å². The monoisotopic (exact) mass is 244 g/mol. The average Bonchev–Trinajstić information content (AvgIpc) is 2.33. The molecule has 18 heavy (non-hydrogen) atoms. The molecule has 2 rings (SSSR count). The maximum Gasteiger partial charge on any atom is 0.138 e. The Morgan fingerprint density at radius 3 is 2.78 bits per heavy atom. The van der Waals surface area contributed by atoms with Gasteiger partial charge in [-0.2, -0.15) is 0 Å². The largest absolute Gasteiger partial charge is 0.491 e. The van der Waals surface area contributed by atoms with Crippen molar-refractivity contribution in [1.82, 2.24) is 10.3 Å². The van der Waals surface area contributed by atoms with Crippen molar-refractivity contribution in [3.05, 3.63) is 36.5 Å². The van der Waals surface area contributed by atoms with Gasteiger partial charge in [-0.15, -0.1) is 0 Å². The molecule has 1 aromatic heterocycles. The zero-order valence-electron chi connectivity index (χ0n) is 11.2. The van der Waals surface area contributed by atoms with Gasteiger partial charge in [-0.3, -0.25) is 4.98 Å². The third-order valence-corrected chi connectivity index (χ3v) is 2.59. The number of fused-ring (bicyclic) bond motifs is 1. The van der Waals surface area contributed by atoms with Crippen LogP contribution >= 0.6 is 0 Å². The minimum absolute atomic E-state index is 0.130. The highest BCUT2D eigenvalue weighted by Crippen LogP contribution is 2.17. The molecule has 0 aliphatic heterocycles. The van der Waals surface area contributed by atoms with Gasteiger partial charge in [-0.05, 0) is 32.9 Å². The molecule has 1 aromatic carbocycles. The predicted octanol–water partition coefficient (Wildman–Crippen LogP) is 3.00. The molecule has 0 radical (unpaired) electrons. The zero-order valence-corrected chi connectivity index (χ0v) is 11.2. The number of aromatic nitrogens is 1. The van der Waals surface area contributed by atoms with E-state index < -0.39 is 0 Å². The Morgan fingerprint density at radius 1 is 1.22 bits per heavy atom. The summed E-state index contributed by atoms with van der Waals surface area (Å²) in [4.78, 5) is 4.36. The fourth-order valence-electron chi connectivity index (χ4n) is 1.72. The third kappa shape index (κ3) is 3.70. The van der Waals surface area contributed by atoms with Crippen LogP contribution in [-0.4, -0.2) is 23.7 Å². The highest BCUT2D eigenvalue weighted by molar-refractivity contribution is 5.79. The predicted molar refractivity (Wildman–Crippen MR) is 75.0 cm³/mol. The molecule has 1 N–H and O–H groups in total. The number of para-hydroxylation sites is 1. The Bertz CT molecular complexity index is 517. The molecule has 0 atom stereocenters. The molecule has 0 aliphatic rings. The van der Waals surface area contributed by atoms with E-state index in [-0.39, 0.29) is 5.54 Å². The molecule has 0 spiro atoms. The summed E-state index contributed by atoms with van der Waals surface area (Å²) in [5.41, 5.74) is 1.13. The first kappa shape index (κ1) is 12.8. The second kappa shape index (κ2) is 5.36. The van der Waals surface area contributed by atoms with E-state index in [1.54, 1.807) is 6.20 Å². The van der Waals surface area contributed by atoms with Gasteiger partial charge in [-0.1, -0.05) is 18.2 Å². The Balaban J connectivity index is 1.92. The summed E-state index contributed by atoms with van der Waals surface area (Å²) in [7, 11) is 0. The molecule has 0 unspecified atom stereocenters. The lowest BCUT2D eigenvalue weighted by atomic mass is 10.1. The van der Waals surface area contributed by atoms with Crippen molar-refractivity contribution in [2.45, 2.75) is 26.3 Å². The number of benzene rings is 1. The molecule has 96 valence electrons. The normalized spacial score (nSPS) is 11.7. The van der Waals surface area contributed by atoms with Crippen molar-refractivity contribution in [3.63, 3.8) is 0 Å². The van der Waals surface area contributed by atoms with Crippen LogP contribution in [0, 0.1) is 0 Å². The van der Waals surface area contributed by atoms with Crippen molar-refractivity contribution >= 4 is 10.9 Å². The second-order valence-corrected chi connectivity index (χ2v) is 5.39. The summed E-state index contributed by atoms with van der Waals surface area (Å²) in [6.07, 6.45) is 1.78. The van der Waals surface area contributed by atoms with Gasteiger partial charge in [0, 0.05) is 17.5 Å². The summed E-state index contributed by atoms with van der Waals surface area (Å²) >= 11 is 0. The number of hydrogen-bond donors (Lipinski definition) is 1. The molecular weight excluding hydrogens is 224 g/mol. The van der Waals surface area contributed by atoms with Gasteiger partial charge in [0.2, 0.25) is 0 Å². The molecule has 2 aromatic rings. The zero-order chi connectivity index (χ0) is 13.0. The summed E-state index contributed by atoms with van der Waals surface area (Å²) in [6, 6.07) is 10.1. The number of rotatable bonds is 4. The molecule has 0 aliphatic carbocycles. The molecule has 1 heterocycles. The molecule has 0 saturated carbocycles. The van der Waals surface area contributed by atoms with Crippen LogP contribution in [0.25, 0.3) is 10.9 Å². The quantitative estimate of drug-likeness (QED) is 0.839. The summed E-state index contributed by atoms with van der Waals surface area (Å²) in [5.74, 6) is 0.824. The van der Waals surface area contributed by atoms with Gasteiger partial charge >= 0.3 is 0 Å². The van der Waals surface area contributed by atoms with Crippen LogP contribution in [0.1, 0.15) is 20.8 Å². The van der Waals surface area contributed by atoms with E-state index in [0.717, 1.165) is 23.2 Å². The number of pyridine rings is 1. The van der Waals surface area contributed by atoms with Crippen molar-refractivity contribution in [2.75, 3.05) is 13.2 Å². The van der Waals surface area contributed by atoms with Crippen LogP contribution in [0.15, 0.2) is 36.5 Å². The molecule has 0 fully saturated rings. The fourth-order valence-corrected chi connectivity index (χ4v) is 1.72. The lowest BCUT2D eigenvalue weighted by molar-refractivity contribution is 0.290. The standard InChI is InChI=1S/C15H20N2O/c1-15(2,3)17-8-9-18-13-10-12-6-4-5-7-14(12)16-11-13/h4-7,10-11,17H,8-9H2,1-3H3. The molecule has 0 bridgehead atoms. The lowest BCUT2D eigenvalue weighted by Gasteiger charge is -2.20. The van der Waals surface area contributed by atoms with Gasteiger partial charge < -0.3 is 10.1 Å². The highest BCUT2D eigenvalue weighted by atomic mass is 16.5. The van der Waals surface area contributed by atoms with Gasteiger partial charge in [0.25, 0.3) is 0 Å². The van der Waals surface area contributed by atoms with E-state index in [9.17, 15) is 0 Å². The number of ether oxygens (including phenoxy) is 1. The summed E-state index contributed by atoms with van der Waals surface area (Å²) in [5, 5.41) is 4.49. The van der Waals surface area contributed by atoms with Gasteiger partial charge in [0.1, 0.15) is 12.4 Å². The van der Waals surface area contributed by atoms with E-state index in [1.807, 2.05) is 30.3 Å². The van der Waals surface area contributed by atoms with Crippen LogP contribution < -0.4 is 10.1 Å². The fraction of sp³-hybridized carbons (Fsp3) is 0.400. The van der Waals surface area contributed by atoms with Crippen molar-refractivity contribution in [3.8, 4) is 5.75 Å². The Hall–Kier alpha value is -1.61. The van der Waals surface area contributed by atoms with Crippen molar-refractivity contribution in [1.29, 1.82) is 0 Å². The Labute approximate surface area is 108 Å². The molecular formula is C15H20N2O. The maximum atomic E-state index is 5.68. The van der Waals surface area contributed by atoms with E-state index in [4.69, 9.17) is 4.74 Å². The van der Waals surface area contributed by atoms with E-state index in [1.165, 1.54) is 0 Å². The third-order valence-electron chi connectivity index (χ3n) is 2.59. The molecule has 3 nitrogen and oxygen atoms in total. The van der Waals surface area contributed by atoms with Crippen LogP contribution in [0.4, 0.5) is 0 Å². The Kier molecular flexibility index (Phi) is 3.82. The lowest BCUT2D eigenvalue weighted by Crippen LogP contribution is -2.38. The van der Waals surface area contributed by atoms with E-state index in [2.05, 4.69) is 31.1 Å². The van der Waals surface area contributed by atoms with Gasteiger partial charge in [0.05, 0.1) is 11.7 Å². The minimum Gasteiger partial charge on any atom is -0.491 e. The van der Waals surface area contributed by atoms with Crippen LogP contribution in [0.2, 0.25) is 0 Å². The minimum atomic E-state index is 0.130. The summed E-state index contributed by atoms with van der Waals surface area (Å²) in [6.45, 7) is 7.91. The highest BCUT2D eigenvalue weighted by Gasteiger charge is 2.07. The van der Waals surface area contributed by atoms with Crippen molar-refractivity contribution < 1.29 is 4.74 Å². The Morgan fingerprint density at radius 2 is 2.00 bits per heavy atom. The topological polar surface area (TPSA) is 34.1 Å². The first-order valence-corrected chi connectivity index (χ1v) is 6.27. The maximum absolute atomic E-state index is 5.68. The van der Waals surface area contributed by atoms with Crippen molar-refractivity contribution in [2.24, 2.45) is 0 Å². The average molecular weight is 244 g/mol. The van der Waals surface area contributed by atoms with Crippen LogP contribution in [0.5, 0.6) is 5.75 Å². The van der Waals surface area contributed by atoms with Crippen LogP contribution in [0.3, 0.4) is 0 Å².